The van der Waals surface area contributed by atoms with Crippen LogP contribution in [0.1, 0.15) is 66.2 Å². The molecule has 3 nitrogen and oxygen atoms in total. The first-order valence-corrected chi connectivity index (χ1v) is 7.22. The van der Waals surface area contributed by atoms with Crippen molar-refractivity contribution in [2.45, 2.75) is 77.8 Å². The zero-order chi connectivity index (χ0) is 13.6. The number of carbonyl (C=O) groups excluding carboxylic acids is 1. The Bertz CT molecular complexity index is 326. The molecule has 0 aromatic carbocycles. The van der Waals surface area contributed by atoms with Crippen LogP contribution < -0.4 is 11.1 Å². The summed E-state index contributed by atoms with van der Waals surface area (Å²) in [6, 6.07) is 0.289. The molecule has 104 valence electrons. The van der Waals surface area contributed by atoms with Gasteiger partial charge in [0.25, 0.3) is 0 Å². The van der Waals surface area contributed by atoms with E-state index in [0.29, 0.717) is 10.8 Å². The molecule has 0 saturated heterocycles. The van der Waals surface area contributed by atoms with Gasteiger partial charge in [0, 0.05) is 6.04 Å². The Balaban J connectivity index is 1.98. The zero-order valence-electron chi connectivity index (χ0n) is 12.3. The van der Waals surface area contributed by atoms with E-state index in [-0.39, 0.29) is 11.9 Å². The van der Waals surface area contributed by atoms with E-state index in [0.717, 1.165) is 32.1 Å². The van der Waals surface area contributed by atoms with Crippen LogP contribution in [-0.4, -0.2) is 17.5 Å². The molecule has 2 fully saturated rings. The Kier molecular flexibility index (Phi) is 3.25. The predicted molar refractivity (Wildman–Crippen MR) is 74.1 cm³/mol. The van der Waals surface area contributed by atoms with Crippen molar-refractivity contribution in [1.82, 2.24) is 5.32 Å². The summed E-state index contributed by atoms with van der Waals surface area (Å²) in [6.45, 7) is 9.20. The minimum Gasteiger partial charge on any atom is -0.352 e. The van der Waals surface area contributed by atoms with Gasteiger partial charge in [-0.2, -0.15) is 0 Å². The van der Waals surface area contributed by atoms with Crippen molar-refractivity contribution in [1.29, 1.82) is 0 Å². The van der Waals surface area contributed by atoms with Crippen LogP contribution in [0, 0.1) is 10.8 Å². The Morgan fingerprint density at radius 1 is 1.11 bits per heavy atom. The maximum absolute atomic E-state index is 12.2. The van der Waals surface area contributed by atoms with Gasteiger partial charge in [-0.05, 0) is 49.4 Å². The van der Waals surface area contributed by atoms with E-state index in [2.05, 4.69) is 33.0 Å². The highest BCUT2D eigenvalue weighted by Crippen LogP contribution is 2.45. The fourth-order valence-corrected chi connectivity index (χ4v) is 4.06. The highest BCUT2D eigenvalue weighted by Gasteiger charge is 2.43. The highest BCUT2D eigenvalue weighted by molar-refractivity contribution is 5.87. The molecule has 0 spiro atoms. The monoisotopic (exact) mass is 252 g/mol. The van der Waals surface area contributed by atoms with Crippen molar-refractivity contribution in [3.63, 3.8) is 0 Å². The number of hydrogen-bond acceptors (Lipinski definition) is 2. The first kappa shape index (κ1) is 13.9. The minimum atomic E-state index is -0.564. The number of rotatable bonds is 2. The topological polar surface area (TPSA) is 55.1 Å². The molecule has 3 N–H and O–H groups in total. The number of hydrogen-bond donors (Lipinski definition) is 2. The van der Waals surface area contributed by atoms with Crippen molar-refractivity contribution in [2.24, 2.45) is 16.6 Å². The van der Waals surface area contributed by atoms with Crippen LogP contribution in [0.25, 0.3) is 0 Å². The van der Waals surface area contributed by atoms with E-state index in [9.17, 15) is 4.79 Å². The SMILES string of the molecule is CC1(C)CC(NC(=O)C2(N)CCC2)CC(C)(C)C1. The fourth-order valence-electron chi connectivity index (χ4n) is 4.06. The van der Waals surface area contributed by atoms with Crippen LogP contribution in [-0.2, 0) is 4.79 Å². The van der Waals surface area contributed by atoms with Gasteiger partial charge in [0.1, 0.15) is 0 Å². The second kappa shape index (κ2) is 4.22. The third-order valence-electron chi connectivity index (χ3n) is 4.59. The average Bonchev–Trinajstić information content (AvgIpc) is 2.08. The Morgan fingerprint density at radius 3 is 2.00 bits per heavy atom. The minimum absolute atomic E-state index is 0.0762. The smallest absolute Gasteiger partial charge is 0.240 e. The number of nitrogens with one attached hydrogen (secondary N) is 1. The molecule has 0 atom stereocenters. The summed E-state index contributed by atoms with van der Waals surface area (Å²) >= 11 is 0. The molecule has 0 bridgehead atoms. The number of nitrogens with two attached hydrogens (primary N) is 1. The van der Waals surface area contributed by atoms with Gasteiger partial charge >= 0.3 is 0 Å². The molecule has 2 saturated carbocycles. The van der Waals surface area contributed by atoms with Crippen molar-refractivity contribution in [2.75, 3.05) is 0 Å². The molecular formula is C15H28N2O. The van der Waals surface area contributed by atoms with E-state index >= 15 is 0 Å². The van der Waals surface area contributed by atoms with Crippen LogP contribution in [0.3, 0.4) is 0 Å². The van der Waals surface area contributed by atoms with Gasteiger partial charge in [-0.25, -0.2) is 0 Å². The van der Waals surface area contributed by atoms with E-state index in [4.69, 9.17) is 5.73 Å². The highest BCUT2D eigenvalue weighted by atomic mass is 16.2. The van der Waals surface area contributed by atoms with Gasteiger partial charge < -0.3 is 11.1 Å². The predicted octanol–water partition coefficient (Wildman–Crippen LogP) is 2.59. The first-order chi connectivity index (χ1) is 8.12. The lowest BCUT2D eigenvalue weighted by Crippen LogP contribution is -2.61. The molecule has 0 unspecified atom stereocenters. The molecule has 0 aliphatic heterocycles. The molecule has 1 amide bonds. The van der Waals surface area contributed by atoms with Gasteiger partial charge in [-0.1, -0.05) is 27.7 Å². The molecule has 3 heteroatoms. The number of carbonyl (C=O) groups is 1. The quantitative estimate of drug-likeness (QED) is 0.793. The normalized spacial score (nSPS) is 29.4. The molecule has 18 heavy (non-hydrogen) atoms. The van der Waals surface area contributed by atoms with Crippen LogP contribution in [0.2, 0.25) is 0 Å². The van der Waals surface area contributed by atoms with E-state index in [1.54, 1.807) is 0 Å². The third-order valence-corrected chi connectivity index (χ3v) is 4.59. The van der Waals surface area contributed by atoms with E-state index < -0.39 is 5.54 Å². The van der Waals surface area contributed by atoms with Crippen LogP contribution >= 0.6 is 0 Å². The summed E-state index contributed by atoms with van der Waals surface area (Å²) in [4.78, 5) is 12.2. The third kappa shape index (κ3) is 2.87. The number of amides is 1. The standard InChI is InChI=1S/C15H28N2O/c1-13(2)8-11(9-14(3,4)10-13)17-12(18)15(16)6-5-7-15/h11H,5-10,16H2,1-4H3,(H,17,18). The largest absolute Gasteiger partial charge is 0.352 e. The Morgan fingerprint density at radius 2 is 1.61 bits per heavy atom. The van der Waals surface area contributed by atoms with Crippen molar-refractivity contribution >= 4 is 5.91 Å². The lowest BCUT2D eigenvalue weighted by atomic mass is 9.63. The van der Waals surface area contributed by atoms with Gasteiger partial charge in [0.05, 0.1) is 5.54 Å². The average molecular weight is 252 g/mol. The van der Waals surface area contributed by atoms with E-state index in [1.165, 1.54) is 6.42 Å². The first-order valence-electron chi connectivity index (χ1n) is 7.22. The lowest BCUT2D eigenvalue weighted by molar-refractivity contribution is -0.130. The fraction of sp³-hybridized carbons (Fsp3) is 0.933. The molecule has 2 rings (SSSR count). The van der Waals surface area contributed by atoms with Gasteiger partial charge in [0.15, 0.2) is 0 Å². The molecule has 0 heterocycles. The molecular weight excluding hydrogens is 224 g/mol. The van der Waals surface area contributed by atoms with Crippen LogP contribution in [0.15, 0.2) is 0 Å². The zero-order valence-corrected chi connectivity index (χ0v) is 12.3. The molecule has 2 aliphatic rings. The maximum atomic E-state index is 12.2. The van der Waals surface area contributed by atoms with Gasteiger partial charge in [-0.15, -0.1) is 0 Å². The summed E-state index contributed by atoms with van der Waals surface area (Å²) in [5.74, 6) is 0.0762. The second-order valence-electron chi connectivity index (χ2n) is 8.09. The second-order valence-corrected chi connectivity index (χ2v) is 8.09. The van der Waals surface area contributed by atoms with Crippen molar-refractivity contribution in [3.8, 4) is 0 Å². The summed E-state index contributed by atoms with van der Waals surface area (Å²) in [5.41, 5.74) is 6.14. The Labute approximate surface area is 111 Å². The maximum Gasteiger partial charge on any atom is 0.240 e. The van der Waals surface area contributed by atoms with E-state index in [1.807, 2.05) is 0 Å². The van der Waals surface area contributed by atoms with Crippen molar-refractivity contribution < 1.29 is 4.79 Å². The van der Waals surface area contributed by atoms with Crippen molar-refractivity contribution in [3.05, 3.63) is 0 Å². The summed E-state index contributed by atoms with van der Waals surface area (Å²) < 4.78 is 0. The molecule has 0 aromatic rings. The molecule has 2 aliphatic carbocycles. The lowest BCUT2D eigenvalue weighted by Gasteiger charge is -2.46. The summed E-state index contributed by atoms with van der Waals surface area (Å²) in [7, 11) is 0. The Hall–Kier alpha value is -0.570. The van der Waals surface area contributed by atoms with Gasteiger partial charge in [-0.3, -0.25) is 4.79 Å². The molecule has 0 radical (unpaired) electrons. The summed E-state index contributed by atoms with van der Waals surface area (Å²) in [5, 5.41) is 3.21. The van der Waals surface area contributed by atoms with Crippen LogP contribution in [0.5, 0.6) is 0 Å². The molecule has 0 aromatic heterocycles. The van der Waals surface area contributed by atoms with Gasteiger partial charge in [0.2, 0.25) is 5.91 Å². The summed E-state index contributed by atoms with van der Waals surface area (Å²) in [6.07, 6.45) is 6.14. The van der Waals surface area contributed by atoms with Crippen LogP contribution in [0.4, 0.5) is 0 Å².